The summed E-state index contributed by atoms with van der Waals surface area (Å²) in [5, 5.41) is 3.73. The minimum atomic E-state index is -0.622. The molecule has 1 atom stereocenters. The van der Waals surface area contributed by atoms with Crippen molar-refractivity contribution in [1.29, 1.82) is 0 Å². The molecular formula is C15H17N3O2. The molecule has 0 saturated carbocycles. The predicted molar refractivity (Wildman–Crippen MR) is 78.8 cm³/mol. The molecule has 104 valence electrons. The van der Waals surface area contributed by atoms with E-state index in [1.807, 2.05) is 30.5 Å². The number of nitrogens with zero attached hydrogens (tertiary/aromatic N) is 1. The molecule has 5 nitrogen and oxygen atoms in total. The van der Waals surface area contributed by atoms with Crippen molar-refractivity contribution in [1.82, 2.24) is 10.3 Å². The van der Waals surface area contributed by atoms with E-state index in [1.165, 1.54) is 0 Å². The zero-order valence-corrected chi connectivity index (χ0v) is 11.3. The molecule has 0 saturated heterocycles. The Morgan fingerprint density at radius 3 is 2.90 bits per heavy atom. The van der Waals surface area contributed by atoms with Crippen LogP contribution in [-0.2, 0) is 16.0 Å². The van der Waals surface area contributed by atoms with Gasteiger partial charge in [0.15, 0.2) is 0 Å². The third kappa shape index (κ3) is 3.12. The van der Waals surface area contributed by atoms with Crippen LogP contribution in [0.15, 0.2) is 35.5 Å². The maximum Gasteiger partial charge on any atom is 0.267 e. The normalized spacial score (nSPS) is 12.1. The molecule has 1 aromatic carbocycles. The summed E-state index contributed by atoms with van der Waals surface area (Å²) in [5.74, 6) is -0.592. The van der Waals surface area contributed by atoms with Crippen molar-refractivity contribution in [3.8, 4) is 0 Å². The van der Waals surface area contributed by atoms with Crippen molar-refractivity contribution in [2.24, 2.45) is 4.99 Å². The Morgan fingerprint density at radius 1 is 1.40 bits per heavy atom. The average Bonchev–Trinajstić information content (AvgIpc) is 2.87. The van der Waals surface area contributed by atoms with Crippen molar-refractivity contribution in [3.05, 3.63) is 36.0 Å². The van der Waals surface area contributed by atoms with E-state index in [4.69, 9.17) is 0 Å². The minimum absolute atomic E-state index is 0.167. The molecule has 2 aromatic rings. The summed E-state index contributed by atoms with van der Waals surface area (Å²) >= 11 is 0. The van der Waals surface area contributed by atoms with Crippen LogP contribution < -0.4 is 5.32 Å². The summed E-state index contributed by atoms with van der Waals surface area (Å²) in [6, 6.07) is 7.33. The van der Waals surface area contributed by atoms with Crippen LogP contribution in [0.25, 0.3) is 10.9 Å². The van der Waals surface area contributed by atoms with Crippen LogP contribution in [0.1, 0.15) is 18.9 Å². The van der Waals surface area contributed by atoms with Crippen molar-refractivity contribution >= 4 is 29.4 Å². The average molecular weight is 271 g/mol. The van der Waals surface area contributed by atoms with Gasteiger partial charge < -0.3 is 10.3 Å². The lowest BCUT2D eigenvalue weighted by molar-refractivity contribution is -0.126. The first kappa shape index (κ1) is 14.0. The van der Waals surface area contributed by atoms with E-state index in [0.29, 0.717) is 12.8 Å². The molecular weight excluding hydrogens is 254 g/mol. The van der Waals surface area contributed by atoms with Crippen molar-refractivity contribution in [3.63, 3.8) is 0 Å². The van der Waals surface area contributed by atoms with Gasteiger partial charge in [-0.05, 0) is 31.7 Å². The van der Waals surface area contributed by atoms with Gasteiger partial charge in [-0.3, -0.25) is 9.59 Å². The van der Waals surface area contributed by atoms with Crippen molar-refractivity contribution < 1.29 is 9.59 Å². The number of carbonyl (C=O) groups is 2. The first-order valence-corrected chi connectivity index (χ1v) is 6.46. The Balaban J connectivity index is 1.93. The number of aromatic amines is 1. The number of rotatable bonds is 5. The number of para-hydroxylation sites is 1. The lowest BCUT2D eigenvalue weighted by Gasteiger charge is -2.09. The molecule has 1 aromatic heterocycles. The van der Waals surface area contributed by atoms with Crippen LogP contribution in [-0.4, -0.2) is 29.6 Å². The van der Waals surface area contributed by atoms with Crippen LogP contribution in [0.4, 0.5) is 0 Å². The number of nitrogens with one attached hydrogen (secondary N) is 2. The van der Waals surface area contributed by atoms with Gasteiger partial charge in [0.25, 0.3) is 5.91 Å². The molecule has 0 bridgehead atoms. The molecule has 1 heterocycles. The molecule has 0 unspecified atom stereocenters. The topological polar surface area (TPSA) is 74.3 Å². The Hall–Kier alpha value is -2.43. The number of fused-ring (bicyclic) bond motifs is 1. The maximum atomic E-state index is 11.8. The van der Waals surface area contributed by atoms with E-state index in [9.17, 15) is 9.59 Å². The second-order valence-electron chi connectivity index (χ2n) is 4.65. The summed E-state index contributed by atoms with van der Waals surface area (Å²) in [5.41, 5.74) is 2.15. The number of aromatic nitrogens is 1. The molecule has 0 aliphatic rings. The lowest BCUT2D eigenvalue weighted by Crippen LogP contribution is -2.37. The number of hydrogen-bond donors (Lipinski definition) is 2. The van der Waals surface area contributed by atoms with E-state index >= 15 is 0 Å². The predicted octanol–water partition coefficient (Wildman–Crippen LogP) is 1.83. The smallest absolute Gasteiger partial charge is 0.267 e. The fourth-order valence-electron chi connectivity index (χ4n) is 2.10. The van der Waals surface area contributed by atoms with Gasteiger partial charge in [0.2, 0.25) is 5.91 Å². The van der Waals surface area contributed by atoms with Gasteiger partial charge in [0.1, 0.15) is 6.04 Å². The summed E-state index contributed by atoms with van der Waals surface area (Å²) in [4.78, 5) is 29.4. The van der Waals surface area contributed by atoms with Crippen LogP contribution in [0.3, 0.4) is 0 Å². The van der Waals surface area contributed by atoms with Crippen LogP contribution in [0.5, 0.6) is 0 Å². The van der Waals surface area contributed by atoms with Gasteiger partial charge in [-0.15, -0.1) is 0 Å². The second-order valence-corrected chi connectivity index (χ2v) is 4.65. The monoisotopic (exact) mass is 271 g/mol. The van der Waals surface area contributed by atoms with Gasteiger partial charge in [-0.25, -0.2) is 4.99 Å². The third-order valence-electron chi connectivity index (χ3n) is 3.20. The molecule has 20 heavy (non-hydrogen) atoms. The van der Waals surface area contributed by atoms with Crippen LogP contribution >= 0.6 is 0 Å². The Labute approximate surface area is 117 Å². The zero-order valence-electron chi connectivity index (χ0n) is 11.3. The molecule has 0 fully saturated rings. The number of H-pyrrole nitrogens is 1. The van der Waals surface area contributed by atoms with E-state index in [1.54, 1.807) is 6.92 Å². The highest BCUT2D eigenvalue weighted by molar-refractivity contribution is 5.90. The van der Waals surface area contributed by atoms with Gasteiger partial charge in [-0.2, -0.15) is 0 Å². The largest absolute Gasteiger partial charge is 0.361 e. The van der Waals surface area contributed by atoms with Gasteiger partial charge in [-0.1, -0.05) is 18.2 Å². The number of aliphatic imine (C=N–C) groups is 1. The first-order valence-electron chi connectivity index (χ1n) is 6.46. The summed E-state index contributed by atoms with van der Waals surface area (Å²) in [6.07, 6.45) is 2.87. The van der Waals surface area contributed by atoms with Crippen molar-refractivity contribution in [2.45, 2.75) is 25.8 Å². The Morgan fingerprint density at radius 2 is 2.15 bits per heavy atom. The molecule has 0 radical (unpaired) electrons. The molecule has 0 aliphatic heterocycles. The molecule has 2 amide bonds. The molecule has 2 N–H and O–H groups in total. The van der Waals surface area contributed by atoms with E-state index in [0.717, 1.165) is 16.5 Å². The molecule has 0 spiro atoms. The van der Waals surface area contributed by atoms with E-state index < -0.39 is 11.9 Å². The maximum absolute atomic E-state index is 11.8. The summed E-state index contributed by atoms with van der Waals surface area (Å²) in [7, 11) is 0. The Kier molecular flexibility index (Phi) is 4.30. The number of carbonyl (C=O) groups excluding carboxylic acids is 2. The summed E-state index contributed by atoms with van der Waals surface area (Å²) in [6.45, 7) is 4.75. The third-order valence-corrected chi connectivity index (χ3v) is 3.20. The van der Waals surface area contributed by atoms with Gasteiger partial charge in [0, 0.05) is 23.5 Å². The van der Waals surface area contributed by atoms with E-state index in [-0.39, 0.29) is 5.91 Å². The Bertz CT molecular complexity index is 645. The fraction of sp³-hybridized carbons (Fsp3) is 0.267. The number of hydrogen-bond acceptors (Lipinski definition) is 2. The van der Waals surface area contributed by atoms with Crippen LogP contribution in [0, 0.1) is 0 Å². The number of amides is 2. The molecule has 5 heteroatoms. The highest BCUT2D eigenvalue weighted by Crippen LogP contribution is 2.18. The number of aryl methyl sites for hydroxylation is 1. The molecule has 2 rings (SSSR count). The highest BCUT2D eigenvalue weighted by atomic mass is 16.2. The zero-order chi connectivity index (χ0) is 14.5. The second kappa shape index (κ2) is 6.14. The van der Waals surface area contributed by atoms with Crippen molar-refractivity contribution in [2.75, 3.05) is 0 Å². The standard InChI is InChI=1S/C15H17N3O2/c1-10(15(20)16-2)18-14(19)8-7-11-9-17-13-6-4-3-5-12(11)13/h3-6,9-10,17H,2,7-8H2,1H3,(H,18,19)/t10-/m0/s1. The quantitative estimate of drug-likeness (QED) is 0.814. The molecule has 0 aliphatic carbocycles. The number of benzene rings is 1. The summed E-state index contributed by atoms with van der Waals surface area (Å²) < 4.78 is 0. The van der Waals surface area contributed by atoms with Gasteiger partial charge >= 0.3 is 0 Å². The fourth-order valence-corrected chi connectivity index (χ4v) is 2.10. The highest BCUT2D eigenvalue weighted by Gasteiger charge is 2.14. The SMILES string of the molecule is C=NC(=O)[C@H](C)NC(=O)CCc1c[nH]c2ccccc12. The minimum Gasteiger partial charge on any atom is -0.361 e. The first-order chi connectivity index (χ1) is 9.61. The lowest BCUT2D eigenvalue weighted by atomic mass is 10.1. The van der Waals surface area contributed by atoms with Gasteiger partial charge in [0.05, 0.1) is 0 Å². The van der Waals surface area contributed by atoms with Crippen LogP contribution in [0.2, 0.25) is 0 Å². The van der Waals surface area contributed by atoms with E-state index in [2.05, 4.69) is 22.0 Å².